The molecule has 1 N–H and O–H groups in total. The molecule has 1 aliphatic carbocycles. The molecule has 0 bridgehead atoms. The van der Waals surface area contributed by atoms with Gasteiger partial charge in [-0.2, -0.15) is 0 Å². The molecule has 0 unspecified atom stereocenters. The largest absolute Gasteiger partial charge is 0.346 e. The van der Waals surface area contributed by atoms with Gasteiger partial charge in [-0.15, -0.1) is 11.3 Å². The molecule has 2 rings (SSSR count). The number of nitrogens with one attached hydrogen (secondary N) is 1. The highest BCUT2D eigenvalue weighted by molar-refractivity contribution is 8.13. The summed E-state index contributed by atoms with van der Waals surface area (Å²) in [5, 5.41) is 3.02. The Hall–Kier alpha value is -0.590. The highest BCUT2D eigenvalue weighted by Gasteiger charge is 2.37. The lowest BCUT2D eigenvalue weighted by Crippen LogP contribution is -2.52. The number of aryl methyl sites for hydroxylation is 1. The second kappa shape index (κ2) is 5.07. The molecule has 0 spiro atoms. The third-order valence-corrected chi connectivity index (χ3v) is 6.35. The Bertz CT molecular complexity index is 597. The van der Waals surface area contributed by atoms with E-state index in [0.29, 0.717) is 9.75 Å². The fourth-order valence-corrected chi connectivity index (χ4v) is 4.85. The van der Waals surface area contributed by atoms with E-state index in [9.17, 15) is 13.2 Å². The third kappa shape index (κ3) is 2.95. The Labute approximate surface area is 121 Å². The second-order valence-corrected chi connectivity index (χ2v) is 8.70. The van der Waals surface area contributed by atoms with Crippen LogP contribution in [0.3, 0.4) is 0 Å². The summed E-state index contributed by atoms with van der Waals surface area (Å²) in [6.07, 6.45) is 3.99. The highest BCUT2D eigenvalue weighted by Crippen LogP contribution is 2.35. The minimum Gasteiger partial charge on any atom is -0.346 e. The van der Waals surface area contributed by atoms with Crippen molar-refractivity contribution < 1.29 is 13.2 Å². The van der Waals surface area contributed by atoms with E-state index in [-0.39, 0.29) is 16.3 Å². The number of carbonyl (C=O) groups is 1. The Morgan fingerprint density at radius 3 is 2.53 bits per heavy atom. The molecule has 106 valence electrons. The van der Waals surface area contributed by atoms with Gasteiger partial charge >= 0.3 is 0 Å². The quantitative estimate of drug-likeness (QED) is 0.867. The molecule has 1 amide bonds. The van der Waals surface area contributed by atoms with Crippen molar-refractivity contribution in [1.82, 2.24) is 5.32 Å². The van der Waals surface area contributed by atoms with Gasteiger partial charge in [0.2, 0.25) is 0 Å². The lowest BCUT2D eigenvalue weighted by molar-refractivity contribution is 0.0824. The van der Waals surface area contributed by atoms with Crippen LogP contribution < -0.4 is 5.32 Å². The molecular weight excluding hydrogens is 306 g/mol. The van der Waals surface area contributed by atoms with Crippen molar-refractivity contribution in [3.05, 3.63) is 15.8 Å². The average molecular weight is 322 g/mol. The van der Waals surface area contributed by atoms with Crippen LogP contribution in [0.1, 0.15) is 47.2 Å². The van der Waals surface area contributed by atoms with Crippen molar-refractivity contribution in [1.29, 1.82) is 0 Å². The van der Waals surface area contributed by atoms with Gasteiger partial charge in [0.15, 0.2) is 0 Å². The van der Waals surface area contributed by atoms with E-state index in [1.54, 1.807) is 6.92 Å². The molecule has 0 atom stereocenters. The maximum atomic E-state index is 12.2. The summed E-state index contributed by atoms with van der Waals surface area (Å²) in [7, 11) is 1.54. The molecular formula is C12H16ClNO3S2. The van der Waals surface area contributed by atoms with Gasteiger partial charge in [-0.05, 0) is 38.7 Å². The molecule has 1 saturated carbocycles. The first-order valence-corrected chi connectivity index (χ1v) is 9.28. The van der Waals surface area contributed by atoms with Gasteiger partial charge in [-0.3, -0.25) is 4.79 Å². The Balaban J connectivity index is 2.21. The van der Waals surface area contributed by atoms with Gasteiger partial charge in [0, 0.05) is 21.1 Å². The molecule has 1 aliphatic rings. The van der Waals surface area contributed by atoms with Crippen molar-refractivity contribution in [2.24, 2.45) is 0 Å². The van der Waals surface area contributed by atoms with Crippen molar-refractivity contribution >= 4 is 37.0 Å². The maximum Gasteiger partial charge on any atom is 0.262 e. The first-order valence-electron chi connectivity index (χ1n) is 6.15. The van der Waals surface area contributed by atoms with E-state index in [2.05, 4.69) is 5.32 Å². The molecule has 0 radical (unpaired) electrons. The summed E-state index contributed by atoms with van der Waals surface area (Å²) in [5.41, 5.74) is -0.102. The molecule has 1 aromatic rings. The average Bonchev–Trinajstić information content (AvgIpc) is 2.65. The predicted molar refractivity (Wildman–Crippen MR) is 76.4 cm³/mol. The number of amides is 1. The number of rotatable bonds is 4. The van der Waals surface area contributed by atoms with Crippen LogP contribution in [0.2, 0.25) is 0 Å². The summed E-state index contributed by atoms with van der Waals surface area (Å²) in [5.74, 6) is -0.207. The zero-order chi connectivity index (χ0) is 14.3. The number of halogens is 1. The molecule has 1 fully saturated rings. The molecule has 7 heteroatoms. The fraction of sp³-hybridized carbons (Fsp3) is 0.583. The van der Waals surface area contributed by atoms with Gasteiger partial charge in [0.05, 0.1) is 9.77 Å². The van der Waals surface area contributed by atoms with Gasteiger partial charge in [-0.25, -0.2) is 8.42 Å². The van der Waals surface area contributed by atoms with Crippen molar-refractivity contribution in [2.75, 3.05) is 0 Å². The van der Waals surface area contributed by atoms with Crippen LogP contribution in [-0.4, -0.2) is 19.9 Å². The van der Waals surface area contributed by atoms with Crippen molar-refractivity contribution in [2.45, 2.75) is 50.0 Å². The molecule has 0 saturated heterocycles. The van der Waals surface area contributed by atoms with E-state index in [0.717, 1.165) is 37.0 Å². The summed E-state index contributed by atoms with van der Waals surface area (Å²) < 4.78 is 22.7. The van der Waals surface area contributed by atoms with Crippen LogP contribution in [0.25, 0.3) is 0 Å². The molecule has 0 aromatic carbocycles. The van der Waals surface area contributed by atoms with E-state index in [1.165, 1.54) is 6.07 Å². The minimum absolute atomic E-state index is 0.0310. The number of hydrogen-bond donors (Lipinski definition) is 1. The Kier molecular flexibility index (Phi) is 3.95. The van der Waals surface area contributed by atoms with Crippen LogP contribution in [-0.2, 0) is 9.05 Å². The summed E-state index contributed by atoms with van der Waals surface area (Å²) in [6.45, 7) is 3.70. The lowest BCUT2D eigenvalue weighted by Gasteiger charge is -2.41. The maximum absolute atomic E-state index is 12.2. The number of hydrogen-bond acceptors (Lipinski definition) is 4. The Morgan fingerprint density at radius 1 is 1.53 bits per heavy atom. The van der Waals surface area contributed by atoms with Crippen LogP contribution in [0, 0.1) is 6.92 Å². The third-order valence-electron chi connectivity index (χ3n) is 3.72. The standard InChI is InChI=1S/C12H16ClNO3S2/c1-3-12(5-4-6-12)14-11(15)9-7-10(8(2)18-9)19(13,16)17/h7H,3-6H2,1-2H3,(H,14,15). The molecule has 4 nitrogen and oxygen atoms in total. The molecule has 1 heterocycles. The zero-order valence-corrected chi connectivity index (χ0v) is 13.2. The SMILES string of the molecule is CCC1(NC(=O)c2cc(S(=O)(=O)Cl)c(C)s2)CCC1. The molecule has 1 aromatic heterocycles. The zero-order valence-electron chi connectivity index (χ0n) is 10.8. The molecule has 0 aliphatic heterocycles. The summed E-state index contributed by atoms with van der Waals surface area (Å²) >= 11 is 1.16. The second-order valence-electron chi connectivity index (χ2n) is 4.91. The van der Waals surface area contributed by atoms with Gasteiger partial charge < -0.3 is 5.32 Å². The van der Waals surface area contributed by atoms with E-state index < -0.39 is 9.05 Å². The fourth-order valence-electron chi connectivity index (χ4n) is 2.29. The van der Waals surface area contributed by atoms with Crippen LogP contribution in [0.4, 0.5) is 0 Å². The molecule has 19 heavy (non-hydrogen) atoms. The van der Waals surface area contributed by atoms with Crippen LogP contribution in [0.5, 0.6) is 0 Å². The predicted octanol–water partition coefficient (Wildman–Crippen LogP) is 3.05. The van der Waals surface area contributed by atoms with Crippen molar-refractivity contribution in [3.8, 4) is 0 Å². The normalized spacial score (nSPS) is 17.8. The number of carbonyl (C=O) groups excluding carboxylic acids is 1. The first-order chi connectivity index (χ1) is 8.77. The first kappa shape index (κ1) is 14.8. The Morgan fingerprint density at radius 2 is 2.16 bits per heavy atom. The topological polar surface area (TPSA) is 63.2 Å². The van der Waals surface area contributed by atoms with E-state index >= 15 is 0 Å². The monoisotopic (exact) mass is 321 g/mol. The van der Waals surface area contributed by atoms with Crippen molar-refractivity contribution in [3.63, 3.8) is 0 Å². The summed E-state index contributed by atoms with van der Waals surface area (Å²) in [4.78, 5) is 13.1. The lowest BCUT2D eigenvalue weighted by atomic mass is 9.75. The number of thiophene rings is 1. The van der Waals surface area contributed by atoms with Crippen LogP contribution >= 0.6 is 22.0 Å². The van der Waals surface area contributed by atoms with E-state index in [1.807, 2.05) is 6.92 Å². The minimum atomic E-state index is -3.78. The smallest absolute Gasteiger partial charge is 0.262 e. The van der Waals surface area contributed by atoms with Crippen LogP contribution in [0.15, 0.2) is 11.0 Å². The summed E-state index contributed by atoms with van der Waals surface area (Å²) in [6, 6.07) is 1.36. The van der Waals surface area contributed by atoms with Gasteiger partial charge in [0.1, 0.15) is 0 Å². The van der Waals surface area contributed by atoms with E-state index in [4.69, 9.17) is 10.7 Å². The highest BCUT2D eigenvalue weighted by atomic mass is 35.7. The van der Waals surface area contributed by atoms with Gasteiger partial charge in [-0.1, -0.05) is 6.92 Å². The van der Waals surface area contributed by atoms with Gasteiger partial charge in [0.25, 0.3) is 15.0 Å².